The summed E-state index contributed by atoms with van der Waals surface area (Å²) in [5.41, 5.74) is 3.69. The number of rotatable bonds is 6. The molecule has 114 valence electrons. The van der Waals surface area contributed by atoms with Gasteiger partial charge in [0.25, 0.3) is 5.91 Å². The lowest BCUT2D eigenvalue weighted by atomic mass is 10.2. The predicted molar refractivity (Wildman–Crippen MR) is 85.3 cm³/mol. The Hall–Kier alpha value is -3.02. The van der Waals surface area contributed by atoms with Gasteiger partial charge in [-0.1, -0.05) is 18.2 Å². The van der Waals surface area contributed by atoms with E-state index in [2.05, 4.69) is 15.8 Å². The van der Waals surface area contributed by atoms with Gasteiger partial charge in [0.15, 0.2) is 0 Å². The fourth-order valence-corrected chi connectivity index (χ4v) is 1.71. The van der Waals surface area contributed by atoms with Gasteiger partial charge in [-0.3, -0.25) is 4.79 Å². The second-order valence-corrected chi connectivity index (χ2v) is 4.44. The van der Waals surface area contributed by atoms with Crippen molar-refractivity contribution in [1.82, 2.24) is 5.43 Å². The molecule has 0 spiro atoms. The zero-order valence-electron chi connectivity index (χ0n) is 12.1. The minimum absolute atomic E-state index is 0.0567. The highest BCUT2D eigenvalue weighted by Gasteiger charge is 2.02. The van der Waals surface area contributed by atoms with Gasteiger partial charge in [-0.25, -0.2) is 5.43 Å². The van der Waals surface area contributed by atoms with Crippen LogP contribution in [0.2, 0.25) is 0 Å². The number of methoxy groups -OCH3 is 1. The summed E-state index contributed by atoms with van der Waals surface area (Å²) < 4.78 is 5.05. The van der Waals surface area contributed by atoms with Crippen LogP contribution in [0, 0.1) is 0 Å². The van der Waals surface area contributed by atoms with E-state index in [1.54, 1.807) is 12.1 Å². The molecule has 0 radical (unpaired) electrons. The number of phenolic OH excluding ortho intramolecular Hbond substituents is 1. The van der Waals surface area contributed by atoms with Crippen LogP contribution in [0.3, 0.4) is 0 Å². The second-order valence-electron chi connectivity index (χ2n) is 4.44. The summed E-state index contributed by atoms with van der Waals surface area (Å²) >= 11 is 0. The van der Waals surface area contributed by atoms with E-state index in [0.717, 1.165) is 5.69 Å². The van der Waals surface area contributed by atoms with Crippen molar-refractivity contribution in [2.75, 3.05) is 19.0 Å². The van der Waals surface area contributed by atoms with E-state index < -0.39 is 0 Å². The first-order valence-electron chi connectivity index (χ1n) is 6.67. The Morgan fingerprint density at radius 2 is 2.05 bits per heavy atom. The molecule has 2 rings (SSSR count). The molecular weight excluding hydrogens is 282 g/mol. The predicted octanol–water partition coefficient (Wildman–Crippen LogP) is 1.96. The number of benzene rings is 2. The van der Waals surface area contributed by atoms with Gasteiger partial charge in [0.2, 0.25) is 0 Å². The van der Waals surface area contributed by atoms with Gasteiger partial charge < -0.3 is 15.2 Å². The van der Waals surface area contributed by atoms with Gasteiger partial charge in [-0.2, -0.15) is 5.10 Å². The molecule has 2 aromatic carbocycles. The van der Waals surface area contributed by atoms with Crippen LogP contribution in [0.5, 0.6) is 11.5 Å². The number of hydrazone groups is 1. The van der Waals surface area contributed by atoms with Gasteiger partial charge in [0.05, 0.1) is 19.9 Å². The molecule has 0 saturated heterocycles. The van der Waals surface area contributed by atoms with Crippen molar-refractivity contribution >= 4 is 17.8 Å². The van der Waals surface area contributed by atoms with E-state index in [4.69, 9.17) is 4.74 Å². The first-order valence-corrected chi connectivity index (χ1v) is 6.67. The minimum atomic E-state index is -0.289. The first kappa shape index (κ1) is 15.4. The number of aromatic hydroxyl groups is 1. The van der Waals surface area contributed by atoms with E-state index in [1.165, 1.54) is 19.4 Å². The highest BCUT2D eigenvalue weighted by Crippen LogP contribution is 2.20. The van der Waals surface area contributed by atoms with E-state index in [-0.39, 0.29) is 18.2 Å². The van der Waals surface area contributed by atoms with E-state index in [9.17, 15) is 9.90 Å². The molecule has 0 aliphatic carbocycles. The zero-order valence-corrected chi connectivity index (χ0v) is 12.1. The molecule has 22 heavy (non-hydrogen) atoms. The van der Waals surface area contributed by atoms with Crippen LogP contribution in [0.15, 0.2) is 53.6 Å². The Bertz CT molecular complexity index is 657. The van der Waals surface area contributed by atoms with Crippen LogP contribution in [-0.4, -0.2) is 30.9 Å². The van der Waals surface area contributed by atoms with Crippen LogP contribution >= 0.6 is 0 Å². The standard InChI is InChI=1S/C16H17N3O3/c1-22-14-7-8-15(20)12(9-14)10-18-19-16(21)11-17-13-5-3-2-4-6-13/h2-10,17,20H,11H2,1H3,(H,19,21)/b18-10+. The van der Waals surface area contributed by atoms with Crippen LogP contribution in [-0.2, 0) is 4.79 Å². The molecule has 0 bridgehead atoms. The maximum absolute atomic E-state index is 11.6. The molecule has 0 aliphatic heterocycles. The van der Waals surface area contributed by atoms with Gasteiger partial charge in [0, 0.05) is 11.3 Å². The summed E-state index contributed by atoms with van der Waals surface area (Å²) in [6, 6.07) is 14.1. The molecule has 0 fully saturated rings. The number of amides is 1. The Morgan fingerprint density at radius 3 is 2.77 bits per heavy atom. The number of hydrogen-bond acceptors (Lipinski definition) is 5. The second kappa shape index (κ2) is 7.68. The average Bonchev–Trinajstić information content (AvgIpc) is 2.55. The number of para-hydroxylation sites is 1. The monoisotopic (exact) mass is 299 g/mol. The number of carbonyl (C=O) groups excluding carboxylic acids is 1. The highest BCUT2D eigenvalue weighted by atomic mass is 16.5. The summed E-state index contributed by atoms with van der Waals surface area (Å²) in [5.74, 6) is 0.361. The van der Waals surface area contributed by atoms with E-state index >= 15 is 0 Å². The Kier molecular flexibility index (Phi) is 5.37. The fraction of sp³-hybridized carbons (Fsp3) is 0.125. The molecule has 0 unspecified atom stereocenters. The number of ether oxygens (including phenoxy) is 1. The van der Waals surface area contributed by atoms with Crippen LogP contribution in [0.1, 0.15) is 5.56 Å². The number of hydrogen-bond donors (Lipinski definition) is 3. The molecule has 0 heterocycles. The van der Waals surface area contributed by atoms with Crippen molar-refractivity contribution in [3.8, 4) is 11.5 Å². The smallest absolute Gasteiger partial charge is 0.259 e. The Morgan fingerprint density at radius 1 is 1.27 bits per heavy atom. The largest absolute Gasteiger partial charge is 0.507 e. The third-order valence-corrected chi connectivity index (χ3v) is 2.85. The highest BCUT2D eigenvalue weighted by molar-refractivity contribution is 5.86. The van der Waals surface area contributed by atoms with Crippen LogP contribution in [0.4, 0.5) is 5.69 Å². The van der Waals surface area contributed by atoms with Gasteiger partial charge in [0.1, 0.15) is 11.5 Å². The number of carbonyl (C=O) groups is 1. The first-order chi connectivity index (χ1) is 10.7. The number of anilines is 1. The maximum atomic E-state index is 11.6. The quantitative estimate of drug-likeness (QED) is 0.562. The molecular formula is C16H17N3O3. The normalized spacial score (nSPS) is 10.4. The molecule has 6 heteroatoms. The number of nitrogens with one attached hydrogen (secondary N) is 2. The fourth-order valence-electron chi connectivity index (χ4n) is 1.71. The Balaban J connectivity index is 1.85. The van der Waals surface area contributed by atoms with Crippen molar-refractivity contribution in [3.63, 3.8) is 0 Å². The maximum Gasteiger partial charge on any atom is 0.259 e. The summed E-state index contributed by atoms with van der Waals surface area (Å²) in [5, 5.41) is 16.5. The summed E-state index contributed by atoms with van der Waals surface area (Å²) in [6.45, 7) is 0.103. The number of phenols is 1. The molecule has 0 aliphatic rings. The summed E-state index contributed by atoms with van der Waals surface area (Å²) in [4.78, 5) is 11.6. The molecule has 0 atom stereocenters. The Labute approximate surface area is 128 Å². The van der Waals surface area contributed by atoms with E-state index in [1.807, 2.05) is 30.3 Å². The van der Waals surface area contributed by atoms with Crippen LogP contribution < -0.4 is 15.5 Å². The molecule has 6 nitrogen and oxygen atoms in total. The van der Waals surface area contributed by atoms with Crippen LogP contribution in [0.25, 0.3) is 0 Å². The van der Waals surface area contributed by atoms with Crippen molar-refractivity contribution in [1.29, 1.82) is 0 Å². The summed E-state index contributed by atoms with van der Waals surface area (Å²) in [7, 11) is 1.53. The number of nitrogens with zero attached hydrogens (tertiary/aromatic N) is 1. The zero-order chi connectivity index (χ0) is 15.8. The van der Waals surface area contributed by atoms with Gasteiger partial charge in [-0.05, 0) is 30.3 Å². The topological polar surface area (TPSA) is 83.0 Å². The van der Waals surface area contributed by atoms with Crippen molar-refractivity contribution < 1.29 is 14.6 Å². The van der Waals surface area contributed by atoms with Gasteiger partial charge in [-0.15, -0.1) is 0 Å². The molecule has 3 N–H and O–H groups in total. The van der Waals surface area contributed by atoms with Crippen molar-refractivity contribution in [2.24, 2.45) is 5.10 Å². The third-order valence-electron chi connectivity index (χ3n) is 2.85. The SMILES string of the molecule is COc1ccc(O)c(/C=N/NC(=O)CNc2ccccc2)c1. The van der Waals surface area contributed by atoms with Crippen molar-refractivity contribution in [3.05, 3.63) is 54.1 Å². The molecule has 1 amide bonds. The minimum Gasteiger partial charge on any atom is -0.507 e. The molecule has 0 aromatic heterocycles. The lowest BCUT2D eigenvalue weighted by molar-refractivity contribution is -0.119. The van der Waals surface area contributed by atoms with Gasteiger partial charge >= 0.3 is 0 Å². The lowest BCUT2D eigenvalue weighted by Gasteiger charge is -2.05. The average molecular weight is 299 g/mol. The lowest BCUT2D eigenvalue weighted by Crippen LogP contribution is -2.25. The molecule has 0 saturated carbocycles. The van der Waals surface area contributed by atoms with Crippen molar-refractivity contribution in [2.45, 2.75) is 0 Å². The summed E-state index contributed by atoms with van der Waals surface area (Å²) in [6.07, 6.45) is 1.36. The van der Waals surface area contributed by atoms with E-state index in [0.29, 0.717) is 11.3 Å². The molecule has 2 aromatic rings. The third kappa shape index (κ3) is 4.52.